The van der Waals surface area contributed by atoms with Crippen molar-refractivity contribution in [3.63, 3.8) is 0 Å². The summed E-state index contributed by atoms with van der Waals surface area (Å²) >= 11 is 5.69. The van der Waals surface area contributed by atoms with Gasteiger partial charge in [-0.1, -0.05) is 11.6 Å². The van der Waals surface area contributed by atoms with Crippen LogP contribution in [-0.2, 0) is 0 Å². The molecule has 3 N–H and O–H groups in total. The first-order valence-corrected chi connectivity index (χ1v) is 4.57. The highest BCUT2D eigenvalue weighted by Gasteiger charge is 1.98. The molecule has 1 aromatic heterocycles. The zero-order chi connectivity index (χ0) is 10.4. The van der Waals surface area contributed by atoms with E-state index in [4.69, 9.17) is 23.8 Å². The van der Waals surface area contributed by atoms with Gasteiger partial charge in [0.05, 0.1) is 0 Å². The molecule has 0 bridgehead atoms. The second kappa shape index (κ2) is 5.30. The van der Waals surface area contributed by atoms with Crippen molar-refractivity contribution in [2.75, 3.05) is 17.6 Å². The maximum atomic E-state index is 5.69. The number of rotatable bonds is 4. The third-order valence-corrected chi connectivity index (χ3v) is 1.71. The van der Waals surface area contributed by atoms with Gasteiger partial charge < -0.3 is 11.1 Å². The predicted molar refractivity (Wildman–Crippen MR) is 58.0 cm³/mol. The molecule has 0 spiro atoms. The first-order valence-electron chi connectivity index (χ1n) is 4.20. The van der Waals surface area contributed by atoms with Crippen molar-refractivity contribution in [1.29, 1.82) is 0 Å². The number of aromatic nitrogens is 2. The predicted octanol–water partition coefficient (Wildman–Crippen LogP) is 1.54. The van der Waals surface area contributed by atoms with Crippen LogP contribution in [0.5, 0.6) is 0 Å². The van der Waals surface area contributed by atoms with Crippen LogP contribution in [0.2, 0.25) is 5.15 Å². The molecule has 0 aliphatic rings. The van der Waals surface area contributed by atoms with Gasteiger partial charge in [0.15, 0.2) is 0 Å². The molecule has 1 aromatic rings. The number of terminal acetylenes is 1. The van der Waals surface area contributed by atoms with Crippen molar-refractivity contribution in [2.24, 2.45) is 0 Å². The molecule has 0 aliphatic carbocycles. The van der Waals surface area contributed by atoms with E-state index in [-0.39, 0.29) is 5.95 Å². The number of nitrogen functional groups attached to an aromatic ring is 1. The van der Waals surface area contributed by atoms with Crippen LogP contribution < -0.4 is 11.1 Å². The molecule has 74 valence electrons. The van der Waals surface area contributed by atoms with Crippen molar-refractivity contribution in [2.45, 2.75) is 12.8 Å². The fourth-order valence-electron chi connectivity index (χ4n) is 0.933. The highest BCUT2D eigenvalue weighted by molar-refractivity contribution is 6.29. The Kier molecular flexibility index (Phi) is 4.02. The minimum Gasteiger partial charge on any atom is -0.370 e. The molecule has 0 aliphatic heterocycles. The van der Waals surface area contributed by atoms with Crippen molar-refractivity contribution < 1.29 is 0 Å². The summed E-state index contributed by atoms with van der Waals surface area (Å²) in [5, 5.41) is 3.38. The van der Waals surface area contributed by atoms with E-state index in [1.54, 1.807) is 6.07 Å². The average Bonchev–Trinajstić information content (AvgIpc) is 2.11. The molecule has 5 heteroatoms. The van der Waals surface area contributed by atoms with Gasteiger partial charge in [-0.25, -0.2) is 4.98 Å². The lowest BCUT2D eigenvalue weighted by atomic mass is 10.3. The second-order valence-electron chi connectivity index (χ2n) is 2.67. The van der Waals surface area contributed by atoms with Gasteiger partial charge in [-0.3, -0.25) is 0 Å². The highest BCUT2D eigenvalue weighted by Crippen LogP contribution is 2.12. The van der Waals surface area contributed by atoms with Gasteiger partial charge in [0.2, 0.25) is 5.95 Å². The maximum Gasteiger partial charge on any atom is 0.223 e. The van der Waals surface area contributed by atoms with Gasteiger partial charge in [0.25, 0.3) is 0 Å². The SMILES string of the molecule is C#CCCCNc1cc(Cl)nc(N)n1. The Morgan fingerprint density at radius 3 is 3.00 bits per heavy atom. The lowest BCUT2D eigenvalue weighted by Crippen LogP contribution is -2.05. The Morgan fingerprint density at radius 2 is 2.36 bits per heavy atom. The van der Waals surface area contributed by atoms with Crippen LogP contribution in [-0.4, -0.2) is 16.5 Å². The van der Waals surface area contributed by atoms with Crippen LogP contribution in [0.15, 0.2) is 6.07 Å². The largest absolute Gasteiger partial charge is 0.370 e. The molecule has 0 fully saturated rings. The first-order chi connectivity index (χ1) is 6.72. The summed E-state index contributed by atoms with van der Waals surface area (Å²) in [4.78, 5) is 7.69. The molecule has 14 heavy (non-hydrogen) atoms. The molecule has 4 nitrogen and oxygen atoms in total. The standard InChI is InChI=1S/C9H11ClN4/c1-2-3-4-5-12-8-6-7(10)13-9(11)14-8/h1,6H,3-5H2,(H3,11,12,13,14). The van der Waals surface area contributed by atoms with Gasteiger partial charge in [0.1, 0.15) is 11.0 Å². The van der Waals surface area contributed by atoms with E-state index in [0.29, 0.717) is 11.0 Å². The molecule has 1 rings (SSSR count). The van der Waals surface area contributed by atoms with Crippen LogP contribution >= 0.6 is 11.6 Å². The molecule has 0 saturated heterocycles. The molecule has 0 aromatic carbocycles. The number of anilines is 2. The highest BCUT2D eigenvalue weighted by atomic mass is 35.5. The van der Waals surface area contributed by atoms with Gasteiger partial charge in [-0.2, -0.15) is 4.98 Å². The summed E-state index contributed by atoms with van der Waals surface area (Å²) in [6, 6.07) is 1.62. The third kappa shape index (κ3) is 3.50. The van der Waals surface area contributed by atoms with Crippen LogP contribution in [0.25, 0.3) is 0 Å². The smallest absolute Gasteiger partial charge is 0.223 e. The first kappa shape index (κ1) is 10.6. The van der Waals surface area contributed by atoms with Crippen molar-refractivity contribution in [3.05, 3.63) is 11.2 Å². The summed E-state index contributed by atoms with van der Waals surface area (Å²) in [6.07, 6.45) is 6.74. The summed E-state index contributed by atoms with van der Waals surface area (Å²) in [7, 11) is 0. The average molecular weight is 211 g/mol. The van der Waals surface area contributed by atoms with E-state index in [2.05, 4.69) is 21.2 Å². The van der Waals surface area contributed by atoms with Gasteiger partial charge in [-0.15, -0.1) is 12.3 Å². The molecule has 0 atom stereocenters. The quantitative estimate of drug-likeness (QED) is 0.450. The Hall–Kier alpha value is -1.47. The fraction of sp³-hybridized carbons (Fsp3) is 0.333. The Morgan fingerprint density at radius 1 is 1.57 bits per heavy atom. The zero-order valence-electron chi connectivity index (χ0n) is 7.63. The molecule has 1 heterocycles. The van der Waals surface area contributed by atoms with E-state index in [9.17, 15) is 0 Å². The minimum absolute atomic E-state index is 0.164. The Labute approximate surface area is 87.9 Å². The fourth-order valence-corrected chi connectivity index (χ4v) is 1.12. The van der Waals surface area contributed by atoms with E-state index in [0.717, 1.165) is 19.4 Å². The molecule has 0 saturated carbocycles. The number of unbranched alkanes of at least 4 members (excludes halogenated alkanes) is 1. The van der Waals surface area contributed by atoms with E-state index >= 15 is 0 Å². The normalized spacial score (nSPS) is 9.43. The topological polar surface area (TPSA) is 63.8 Å². The van der Waals surface area contributed by atoms with Gasteiger partial charge in [0, 0.05) is 19.0 Å². The van der Waals surface area contributed by atoms with Gasteiger partial charge in [-0.05, 0) is 6.42 Å². The summed E-state index contributed by atoms with van der Waals surface area (Å²) in [5.41, 5.74) is 5.41. The Bertz CT molecular complexity index is 325. The summed E-state index contributed by atoms with van der Waals surface area (Å²) in [6.45, 7) is 0.747. The monoisotopic (exact) mass is 210 g/mol. The lowest BCUT2D eigenvalue weighted by Gasteiger charge is -2.04. The number of hydrogen-bond acceptors (Lipinski definition) is 4. The van der Waals surface area contributed by atoms with Crippen LogP contribution in [0.4, 0.5) is 11.8 Å². The minimum atomic E-state index is 0.164. The molecular formula is C9H11ClN4. The number of hydrogen-bond donors (Lipinski definition) is 2. The maximum absolute atomic E-state index is 5.69. The van der Waals surface area contributed by atoms with Gasteiger partial charge >= 0.3 is 0 Å². The molecule has 0 amide bonds. The van der Waals surface area contributed by atoms with Crippen LogP contribution in [0.3, 0.4) is 0 Å². The van der Waals surface area contributed by atoms with E-state index < -0.39 is 0 Å². The van der Waals surface area contributed by atoms with Crippen LogP contribution in [0.1, 0.15) is 12.8 Å². The Balaban J connectivity index is 2.47. The number of nitrogens with zero attached hydrogens (tertiary/aromatic N) is 2. The second-order valence-corrected chi connectivity index (χ2v) is 3.06. The lowest BCUT2D eigenvalue weighted by molar-refractivity contribution is 0.900. The van der Waals surface area contributed by atoms with E-state index in [1.165, 1.54) is 0 Å². The van der Waals surface area contributed by atoms with Crippen molar-refractivity contribution in [1.82, 2.24) is 9.97 Å². The summed E-state index contributed by atoms with van der Waals surface area (Å²) in [5.74, 6) is 3.34. The third-order valence-electron chi connectivity index (χ3n) is 1.52. The van der Waals surface area contributed by atoms with Crippen molar-refractivity contribution >= 4 is 23.4 Å². The number of nitrogens with one attached hydrogen (secondary N) is 1. The summed E-state index contributed by atoms with van der Waals surface area (Å²) < 4.78 is 0. The van der Waals surface area contributed by atoms with Crippen molar-refractivity contribution in [3.8, 4) is 12.3 Å². The molecule has 0 radical (unpaired) electrons. The van der Waals surface area contributed by atoms with Crippen LogP contribution in [0, 0.1) is 12.3 Å². The molecule has 0 unspecified atom stereocenters. The zero-order valence-corrected chi connectivity index (χ0v) is 8.38. The number of nitrogens with two attached hydrogens (primary N) is 1. The van der Waals surface area contributed by atoms with E-state index in [1.807, 2.05) is 0 Å². The molecular weight excluding hydrogens is 200 g/mol. The number of halogens is 1.